The highest BCUT2D eigenvalue weighted by molar-refractivity contribution is 5.88. The van der Waals surface area contributed by atoms with Gasteiger partial charge in [0.25, 0.3) is 0 Å². The molecule has 0 aromatic rings. The normalized spacial score (nSPS) is 36.7. The van der Waals surface area contributed by atoms with Crippen molar-refractivity contribution in [3.05, 3.63) is 0 Å². The predicted molar refractivity (Wildman–Crippen MR) is 36.5 cm³/mol. The summed E-state index contributed by atoms with van der Waals surface area (Å²) in [4.78, 5) is 21.9. The summed E-state index contributed by atoms with van der Waals surface area (Å²) in [6, 6.07) is 0. The highest BCUT2D eigenvalue weighted by Gasteiger charge is 2.36. The quantitative estimate of drug-likeness (QED) is 0.384. The van der Waals surface area contributed by atoms with Gasteiger partial charge in [-0.25, -0.2) is 0 Å². The van der Waals surface area contributed by atoms with Crippen molar-refractivity contribution in [3.8, 4) is 0 Å². The van der Waals surface area contributed by atoms with Crippen molar-refractivity contribution in [1.29, 1.82) is 0 Å². The van der Waals surface area contributed by atoms with Crippen molar-refractivity contribution in [2.45, 2.75) is 25.7 Å². The van der Waals surface area contributed by atoms with Crippen LogP contribution in [0.2, 0.25) is 0 Å². The van der Waals surface area contributed by atoms with Crippen LogP contribution in [0.15, 0.2) is 0 Å². The molecule has 60 valence electrons. The summed E-state index contributed by atoms with van der Waals surface area (Å²) in [5.74, 6) is -0.192. The van der Waals surface area contributed by atoms with Gasteiger partial charge in [0, 0.05) is 6.42 Å². The molecule has 2 unspecified atom stereocenters. The van der Waals surface area contributed by atoms with E-state index in [1.165, 1.54) is 0 Å². The van der Waals surface area contributed by atoms with Gasteiger partial charge in [0.05, 0.1) is 5.92 Å². The summed E-state index contributed by atoms with van der Waals surface area (Å²) in [6.45, 7) is 0. The molecule has 0 radical (unpaired) electrons. The molecule has 0 N–H and O–H groups in total. The number of carbonyl (C=O) groups is 2. The van der Waals surface area contributed by atoms with Crippen LogP contribution < -0.4 is 0 Å². The molecule has 0 aromatic carbocycles. The molecule has 0 spiro atoms. The smallest absolute Gasteiger partial charge is 0.316 e. The van der Waals surface area contributed by atoms with Crippen molar-refractivity contribution >= 4 is 11.9 Å². The van der Waals surface area contributed by atoms with Crippen LogP contribution in [0.4, 0.5) is 0 Å². The Morgan fingerprint density at radius 1 is 1.27 bits per heavy atom. The van der Waals surface area contributed by atoms with E-state index in [0.717, 1.165) is 19.3 Å². The van der Waals surface area contributed by atoms with Crippen molar-refractivity contribution in [3.63, 3.8) is 0 Å². The Balaban J connectivity index is 2.18. The number of fused-ring (bicyclic) bond motifs is 2. The molecule has 0 amide bonds. The Kier molecular flexibility index (Phi) is 1.44. The van der Waals surface area contributed by atoms with Crippen molar-refractivity contribution in [2.75, 3.05) is 0 Å². The number of ether oxygens (including phenoxy) is 1. The minimum Gasteiger partial charge on any atom is -0.393 e. The largest absolute Gasteiger partial charge is 0.393 e. The van der Waals surface area contributed by atoms with Gasteiger partial charge in [-0.15, -0.1) is 0 Å². The van der Waals surface area contributed by atoms with Gasteiger partial charge in [-0.1, -0.05) is 0 Å². The van der Waals surface area contributed by atoms with E-state index in [9.17, 15) is 9.59 Å². The molecule has 11 heavy (non-hydrogen) atoms. The topological polar surface area (TPSA) is 43.4 Å². The molecule has 1 heterocycles. The number of carbonyl (C=O) groups excluding carboxylic acids is 2. The lowest BCUT2D eigenvalue weighted by Crippen LogP contribution is -2.17. The van der Waals surface area contributed by atoms with Crippen LogP contribution in [-0.4, -0.2) is 11.9 Å². The van der Waals surface area contributed by atoms with Crippen LogP contribution in [0.1, 0.15) is 25.7 Å². The average molecular weight is 154 g/mol. The van der Waals surface area contributed by atoms with Gasteiger partial charge in [-0.3, -0.25) is 9.59 Å². The Morgan fingerprint density at radius 3 is 2.91 bits per heavy atom. The molecule has 2 aliphatic rings. The van der Waals surface area contributed by atoms with Gasteiger partial charge in [0.15, 0.2) is 0 Å². The number of esters is 2. The fourth-order valence-electron chi connectivity index (χ4n) is 1.95. The first-order chi connectivity index (χ1) is 5.25. The SMILES string of the molecule is O=C1CC2CCC(C2)C(=O)O1. The number of rotatable bonds is 0. The molecule has 2 atom stereocenters. The van der Waals surface area contributed by atoms with E-state index >= 15 is 0 Å². The maximum absolute atomic E-state index is 11.0. The van der Waals surface area contributed by atoms with Gasteiger partial charge in [0.1, 0.15) is 0 Å². The van der Waals surface area contributed by atoms with E-state index < -0.39 is 0 Å². The summed E-state index contributed by atoms with van der Waals surface area (Å²) in [5.41, 5.74) is 0. The maximum Gasteiger partial charge on any atom is 0.316 e. The molecule has 1 aliphatic carbocycles. The molecule has 3 heteroatoms. The summed E-state index contributed by atoms with van der Waals surface area (Å²) in [6.07, 6.45) is 3.25. The number of hydrogen-bond donors (Lipinski definition) is 0. The van der Waals surface area contributed by atoms with E-state index in [-0.39, 0.29) is 17.9 Å². The van der Waals surface area contributed by atoms with Crippen LogP contribution in [0.25, 0.3) is 0 Å². The lowest BCUT2D eigenvalue weighted by Gasteiger charge is -2.05. The second-order valence-corrected chi connectivity index (χ2v) is 3.37. The fraction of sp³-hybridized carbons (Fsp3) is 0.750. The molecular formula is C8H10O3. The van der Waals surface area contributed by atoms with Crippen LogP contribution in [0.5, 0.6) is 0 Å². The Labute approximate surface area is 64.7 Å². The summed E-state index contributed by atoms with van der Waals surface area (Å²) < 4.78 is 4.57. The van der Waals surface area contributed by atoms with Crippen LogP contribution >= 0.6 is 0 Å². The first kappa shape index (κ1) is 6.83. The monoisotopic (exact) mass is 154 g/mol. The van der Waals surface area contributed by atoms with Gasteiger partial charge >= 0.3 is 11.9 Å². The molecule has 3 nitrogen and oxygen atoms in total. The zero-order valence-corrected chi connectivity index (χ0v) is 6.21. The van der Waals surface area contributed by atoms with E-state index in [0.29, 0.717) is 12.3 Å². The molecule has 1 saturated carbocycles. The molecule has 2 fully saturated rings. The van der Waals surface area contributed by atoms with E-state index in [1.807, 2.05) is 0 Å². The molecular weight excluding hydrogens is 144 g/mol. The third-order valence-corrected chi connectivity index (χ3v) is 2.54. The van der Waals surface area contributed by atoms with Gasteiger partial charge in [-0.05, 0) is 25.2 Å². The summed E-state index contributed by atoms with van der Waals surface area (Å²) in [7, 11) is 0. The zero-order chi connectivity index (χ0) is 7.84. The third kappa shape index (κ3) is 1.15. The fourth-order valence-corrected chi connectivity index (χ4v) is 1.95. The zero-order valence-electron chi connectivity index (χ0n) is 6.21. The summed E-state index contributed by atoms with van der Waals surface area (Å²) >= 11 is 0. The summed E-state index contributed by atoms with van der Waals surface area (Å²) in [5, 5.41) is 0. The van der Waals surface area contributed by atoms with Gasteiger partial charge in [-0.2, -0.15) is 0 Å². The lowest BCUT2D eigenvalue weighted by molar-refractivity contribution is -0.161. The minimum atomic E-state index is -0.331. The van der Waals surface area contributed by atoms with Crippen molar-refractivity contribution in [1.82, 2.24) is 0 Å². The van der Waals surface area contributed by atoms with E-state index in [2.05, 4.69) is 4.74 Å². The van der Waals surface area contributed by atoms with E-state index in [1.54, 1.807) is 0 Å². The standard InChI is InChI=1S/C8H10O3/c9-7-4-5-1-2-6(3-5)8(10)11-7/h5-6H,1-4H2. The molecule has 2 bridgehead atoms. The third-order valence-electron chi connectivity index (χ3n) is 2.54. The van der Waals surface area contributed by atoms with Gasteiger partial charge in [0.2, 0.25) is 0 Å². The van der Waals surface area contributed by atoms with Crippen LogP contribution in [-0.2, 0) is 14.3 Å². The average Bonchev–Trinajstić information content (AvgIpc) is 2.29. The van der Waals surface area contributed by atoms with Crippen LogP contribution in [0, 0.1) is 11.8 Å². The number of hydrogen-bond acceptors (Lipinski definition) is 3. The Morgan fingerprint density at radius 2 is 2.09 bits per heavy atom. The molecule has 2 rings (SSSR count). The first-order valence-corrected chi connectivity index (χ1v) is 4.00. The second kappa shape index (κ2) is 2.32. The lowest BCUT2D eigenvalue weighted by atomic mass is 10.0. The maximum atomic E-state index is 11.0. The highest BCUT2D eigenvalue weighted by Crippen LogP contribution is 2.36. The molecule has 1 aliphatic heterocycles. The number of cyclic esters (lactones) is 2. The highest BCUT2D eigenvalue weighted by atomic mass is 16.6. The van der Waals surface area contributed by atoms with Crippen molar-refractivity contribution in [2.24, 2.45) is 11.8 Å². The van der Waals surface area contributed by atoms with E-state index in [4.69, 9.17) is 0 Å². The molecule has 0 aromatic heterocycles. The Bertz CT molecular complexity index is 209. The Hall–Kier alpha value is -0.860. The molecule has 1 saturated heterocycles. The first-order valence-electron chi connectivity index (χ1n) is 4.00. The van der Waals surface area contributed by atoms with Gasteiger partial charge < -0.3 is 4.74 Å². The second-order valence-electron chi connectivity index (χ2n) is 3.37. The predicted octanol–water partition coefficient (Wildman–Crippen LogP) is 0.876. The van der Waals surface area contributed by atoms with Crippen LogP contribution in [0.3, 0.4) is 0 Å². The minimum absolute atomic E-state index is 0.0199. The van der Waals surface area contributed by atoms with Crippen molar-refractivity contribution < 1.29 is 14.3 Å².